The van der Waals surface area contributed by atoms with Gasteiger partial charge in [-0.05, 0) is 18.4 Å². The Morgan fingerprint density at radius 1 is 1.47 bits per heavy atom. The topological polar surface area (TPSA) is 41.5 Å². The van der Waals surface area contributed by atoms with Crippen LogP contribution < -0.4 is 5.32 Å². The molecule has 94 valence electrons. The van der Waals surface area contributed by atoms with E-state index in [0.29, 0.717) is 12.5 Å². The van der Waals surface area contributed by atoms with Crippen LogP contribution in [-0.2, 0) is 4.79 Å². The summed E-state index contributed by atoms with van der Waals surface area (Å²) < 4.78 is 0. The molecule has 0 aromatic rings. The molecule has 1 amide bonds. The molecule has 2 aliphatic rings. The predicted molar refractivity (Wildman–Crippen MR) is 70.2 cm³/mol. The van der Waals surface area contributed by atoms with Gasteiger partial charge >= 0.3 is 0 Å². The van der Waals surface area contributed by atoms with Gasteiger partial charge in [-0.2, -0.15) is 0 Å². The molecular weight excluding hydrogens is 212 g/mol. The zero-order chi connectivity index (χ0) is 12.5. The van der Waals surface area contributed by atoms with Gasteiger partial charge in [0.2, 0.25) is 5.91 Å². The van der Waals surface area contributed by atoms with E-state index in [1.165, 1.54) is 30.5 Å². The standard InChI is InChI=1S/C14H22N2O/c1-14(2,3)13(17)16-9-11-7-8-15-12(11)10-5-4-6-10/h7,10H,4-6,8-9H2,1-3H3,(H,16,17). The van der Waals surface area contributed by atoms with Crippen molar-refractivity contribution in [3.63, 3.8) is 0 Å². The highest BCUT2D eigenvalue weighted by molar-refractivity contribution is 6.04. The van der Waals surface area contributed by atoms with Gasteiger partial charge in [0.05, 0.1) is 6.54 Å². The number of hydrogen-bond acceptors (Lipinski definition) is 2. The van der Waals surface area contributed by atoms with Crippen molar-refractivity contribution in [2.75, 3.05) is 13.1 Å². The molecule has 2 rings (SSSR count). The maximum Gasteiger partial charge on any atom is 0.225 e. The van der Waals surface area contributed by atoms with E-state index in [0.717, 1.165) is 6.54 Å². The van der Waals surface area contributed by atoms with Crippen molar-refractivity contribution in [1.29, 1.82) is 0 Å². The van der Waals surface area contributed by atoms with E-state index >= 15 is 0 Å². The van der Waals surface area contributed by atoms with Crippen LogP contribution in [0.1, 0.15) is 40.0 Å². The van der Waals surface area contributed by atoms with Crippen molar-refractivity contribution in [3.05, 3.63) is 11.6 Å². The van der Waals surface area contributed by atoms with Crippen LogP contribution >= 0.6 is 0 Å². The zero-order valence-corrected chi connectivity index (χ0v) is 11.0. The quantitative estimate of drug-likeness (QED) is 0.800. The Morgan fingerprint density at radius 2 is 2.18 bits per heavy atom. The molecule has 0 atom stereocenters. The first-order chi connectivity index (χ1) is 7.98. The van der Waals surface area contributed by atoms with Crippen molar-refractivity contribution in [3.8, 4) is 0 Å². The number of nitrogens with zero attached hydrogens (tertiary/aromatic N) is 1. The highest BCUT2D eigenvalue weighted by Gasteiger charge is 2.28. The van der Waals surface area contributed by atoms with E-state index in [2.05, 4.69) is 16.4 Å². The Kier molecular flexibility index (Phi) is 3.36. The Hall–Kier alpha value is -1.12. The summed E-state index contributed by atoms with van der Waals surface area (Å²) in [6.45, 7) is 7.25. The lowest BCUT2D eigenvalue weighted by molar-refractivity contribution is -0.128. The molecule has 1 heterocycles. The Labute approximate surface area is 103 Å². The summed E-state index contributed by atoms with van der Waals surface area (Å²) in [5.41, 5.74) is 2.19. The first-order valence-electron chi connectivity index (χ1n) is 6.50. The average molecular weight is 234 g/mol. The molecule has 1 N–H and O–H groups in total. The SMILES string of the molecule is CC(C)(C)C(=O)NCC1=CCN=C1C1CCC1. The highest BCUT2D eigenvalue weighted by Crippen LogP contribution is 2.31. The minimum absolute atomic E-state index is 0.109. The second-order valence-corrected chi connectivity index (χ2v) is 6.02. The molecule has 3 nitrogen and oxygen atoms in total. The lowest BCUT2D eigenvalue weighted by atomic mass is 9.79. The number of hydrogen-bond donors (Lipinski definition) is 1. The summed E-state index contributed by atoms with van der Waals surface area (Å²) in [6.07, 6.45) is 6.01. The van der Waals surface area contributed by atoms with E-state index in [-0.39, 0.29) is 11.3 Å². The second kappa shape index (κ2) is 4.63. The van der Waals surface area contributed by atoms with Crippen LogP contribution in [0, 0.1) is 11.3 Å². The third-order valence-electron chi connectivity index (χ3n) is 3.54. The normalized spacial score (nSPS) is 20.6. The van der Waals surface area contributed by atoms with Gasteiger partial charge in [-0.15, -0.1) is 0 Å². The molecule has 0 unspecified atom stereocenters. The van der Waals surface area contributed by atoms with E-state index in [4.69, 9.17) is 0 Å². The fraction of sp³-hybridized carbons (Fsp3) is 0.714. The molecule has 17 heavy (non-hydrogen) atoms. The molecule has 0 aromatic carbocycles. The molecule has 1 fully saturated rings. The molecule has 1 aliphatic carbocycles. The van der Waals surface area contributed by atoms with Crippen LogP contribution in [0.15, 0.2) is 16.6 Å². The highest BCUT2D eigenvalue weighted by atomic mass is 16.2. The zero-order valence-electron chi connectivity index (χ0n) is 11.0. The summed E-state index contributed by atoms with van der Waals surface area (Å²) in [6, 6.07) is 0. The summed E-state index contributed by atoms with van der Waals surface area (Å²) in [5, 5.41) is 3.01. The van der Waals surface area contributed by atoms with Crippen LogP contribution in [0.5, 0.6) is 0 Å². The fourth-order valence-electron chi connectivity index (χ4n) is 2.14. The number of rotatable bonds is 3. The molecular formula is C14H22N2O. The van der Waals surface area contributed by atoms with Crippen molar-refractivity contribution in [2.45, 2.75) is 40.0 Å². The van der Waals surface area contributed by atoms with Crippen LogP contribution in [0.25, 0.3) is 0 Å². The lowest BCUT2D eigenvalue weighted by Crippen LogP contribution is -2.37. The van der Waals surface area contributed by atoms with Gasteiger partial charge in [-0.1, -0.05) is 33.3 Å². The number of amides is 1. The van der Waals surface area contributed by atoms with E-state index in [1.54, 1.807) is 0 Å². The van der Waals surface area contributed by atoms with Crippen LogP contribution in [0.4, 0.5) is 0 Å². The van der Waals surface area contributed by atoms with Crippen LogP contribution in [0.3, 0.4) is 0 Å². The van der Waals surface area contributed by atoms with Gasteiger partial charge in [0, 0.05) is 23.6 Å². The summed E-state index contributed by atoms with van der Waals surface area (Å²) in [7, 11) is 0. The number of nitrogens with one attached hydrogen (secondary N) is 1. The average Bonchev–Trinajstić information content (AvgIpc) is 2.58. The largest absolute Gasteiger partial charge is 0.352 e. The molecule has 0 aromatic heterocycles. The molecule has 1 aliphatic heterocycles. The number of carbonyl (C=O) groups excluding carboxylic acids is 1. The first kappa shape index (κ1) is 12.3. The van der Waals surface area contributed by atoms with Crippen LogP contribution in [-0.4, -0.2) is 24.7 Å². The van der Waals surface area contributed by atoms with Gasteiger partial charge in [-0.25, -0.2) is 0 Å². The number of aliphatic imine (C=N–C) groups is 1. The molecule has 0 spiro atoms. The third kappa shape index (κ3) is 2.76. The molecule has 1 saturated carbocycles. The minimum atomic E-state index is -0.313. The van der Waals surface area contributed by atoms with Crippen molar-refractivity contribution in [1.82, 2.24) is 5.32 Å². The predicted octanol–water partition coefficient (Wildman–Crippen LogP) is 2.33. The van der Waals surface area contributed by atoms with Gasteiger partial charge in [0.15, 0.2) is 0 Å². The molecule has 0 radical (unpaired) electrons. The molecule has 0 saturated heterocycles. The van der Waals surface area contributed by atoms with Gasteiger partial charge in [0.25, 0.3) is 0 Å². The fourth-order valence-corrected chi connectivity index (χ4v) is 2.14. The molecule has 0 bridgehead atoms. The maximum absolute atomic E-state index is 11.8. The van der Waals surface area contributed by atoms with Gasteiger partial charge < -0.3 is 5.32 Å². The smallest absolute Gasteiger partial charge is 0.225 e. The summed E-state index contributed by atoms with van der Waals surface area (Å²) in [4.78, 5) is 16.4. The Balaban J connectivity index is 1.87. The molecule has 3 heteroatoms. The van der Waals surface area contributed by atoms with E-state index in [9.17, 15) is 4.79 Å². The van der Waals surface area contributed by atoms with Crippen molar-refractivity contribution < 1.29 is 4.79 Å². The maximum atomic E-state index is 11.8. The van der Waals surface area contributed by atoms with E-state index in [1.807, 2.05) is 20.8 Å². The monoisotopic (exact) mass is 234 g/mol. The second-order valence-electron chi connectivity index (χ2n) is 6.02. The van der Waals surface area contributed by atoms with Gasteiger partial charge in [-0.3, -0.25) is 9.79 Å². The van der Waals surface area contributed by atoms with Crippen molar-refractivity contribution >= 4 is 11.6 Å². The summed E-state index contributed by atoms with van der Waals surface area (Å²) >= 11 is 0. The lowest BCUT2D eigenvalue weighted by Gasteiger charge is -2.27. The third-order valence-corrected chi connectivity index (χ3v) is 3.54. The Bertz CT molecular complexity index is 370. The minimum Gasteiger partial charge on any atom is -0.352 e. The first-order valence-corrected chi connectivity index (χ1v) is 6.50. The van der Waals surface area contributed by atoms with Crippen LogP contribution in [0.2, 0.25) is 0 Å². The van der Waals surface area contributed by atoms with E-state index < -0.39 is 0 Å². The Morgan fingerprint density at radius 3 is 2.71 bits per heavy atom. The van der Waals surface area contributed by atoms with Gasteiger partial charge in [0.1, 0.15) is 0 Å². The van der Waals surface area contributed by atoms with Crippen molar-refractivity contribution in [2.24, 2.45) is 16.3 Å². The summed E-state index contributed by atoms with van der Waals surface area (Å²) in [5.74, 6) is 0.772. The number of carbonyl (C=O) groups is 1.